The zero-order chi connectivity index (χ0) is 26.0. The lowest BCUT2D eigenvalue weighted by molar-refractivity contribution is -0.141. The molecule has 2 amide bonds. The highest BCUT2D eigenvalue weighted by Gasteiger charge is 2.30. The Hall–Kier alpha value is -3.51. The van der Waals surface area contributed by atoms with Crippen molar-refractivity contribution in [1.29, 1.82) is 0 Å². The molecule has 1 heterocycles. The van der Waals surface area contributed by atoms with E-state index in [0.717, 1.165) is 28.9 Å². The lowest BCUT2D eigenvalue weighted by Gasteiger charge is -2.31. The molecule has 194 valence electrons. The normalized spacial score (nSPS) is 13.0. The topological polar surface area (TPSA) is 67.9 Å². The first-order valence-corrected chi connectivity index (χ1v) is 13.2. The van der Waals surface area contributed by atoms with Crippen molar-refractivity contribution in [3.05, 3.63) is 94.5 Å². The number of ether oxygens (including phenoxy) is 2. The molecule has 1 N–H and O–H groups in total. The Kier molecular flexibility index (Phi) is 9.44. The summed E-state index contributed by atoms with van der Waals surface area (Å²) < 4.78 is 11.3. The number of fused-ring (bicyclic) bond motifs is 1. The predicted octanol–water partition coefficient (Wildman–Crippen LogP) is 5.21. The molecule has 1 atom stereocenters. The molecule has 0 saturated carbocycles. The maximum absolute atomic E-state index is 13.8. The quantitative estimate of drug-likeness (QED) is 0.377. The van der Waals surface area contributed by atoms with E-state index >= 15 is 0 Å². The van der Waals surface area contributed by atoms with Crippen molar-refractivity contribution in [2.75, 3.05) is 19.8 Å². The molecule has 1 aliphatic heterocycles. The van der Waals surface area contributed by atoms with E-state index < -0.39 is 6.04 Å². The molecule has 0 bridgehead atoms. The third kappa shape index (κ3) is 7.49. The number of amides is 2. The summed E-state index contributed by atoms with van der Waals surface area (Å²) in [5, 5.41) is 3.63. The molecule has 4 rings (SSSR count). The van der Waals surface area contributed by atoms with Crippen LogP contribution in [-0.4, -0.2) is 42.5 Å². The first-order valence-electron chi connectivity index (χ1n) is 12.8. The molecule has 0 radical (unpaired) electrons. The van der Waals surface area contributed by atoms with E-state index in [1.54, 1.807) is 17.0 Å². The lowest BCUT2D eigenvalue weighted by Crippen LogP contribution is -2.50. The van der Waals surface area contributed by atoms with Crippen LogP contribution in [0.1, 0.15) is 36.5 Å². The molecule has 0 fully saturated rings. The van der Waals surface area contributed by atoms with E-state index in [9.17, 15) is 9.59 Å². The highest BCUT2D eigenvalue weighted by Crippen LogP contribution is 2.31. The van der Waals surface area contributed by atoms with Crippen LogP contribution in [0.4, 0.5) is 0 Å². The van der Waals surface area contributed by atoms with Crippen molar-refractivity contribution in [2.45, 2.75) is 45.2 Å². The Morgan fingerprint density at radius 3 is 2.35 bits per heavy atom. The van der Waals surface area contributed by atoms with Gasteiger partial charge in [0.1, 0.15) is 19.3 Å². The van der Waals surface area contributed by atoms with Gasteiger partial charge in [0.25, 0.3) is 0 Å². The van der Waals surface area contributed by atoms with Crippen molar-refractivity contribution in [1.82, 2.24) is 10.2 Å². The fourth-order valence-electron chi connectivity index (χ4n) is 4.34. The highest BCUT2D eigenvalue weighted by atomic mass is 35.5. The van der Waals surface area contributed by atoms with Gasteiger partial charge in [0.15, 0.2) is 11.5 Å². The van der Waals surface area contributed by atoms with Gasteiger partial charge in [-0.05, 0) is 53.8 Å². The lowest BCUT2D eigenvalue weighted by atomic mass is 10.0. The standard InChI is InChI=1S/C30H33ClN2O4/c1-2-16-32-30(35)26(19-22-6-4-3-5-7-22)33(21-24-8-12-25(31)13-9-24)29(34)15-11-23-10-14-27-28(20-23)37-18-17-36-27/h3-10,12-14,20,26H,2,11,15-19,21H2,1H3,(H,32,35). The highest BCUT2D eigenvalue weighted by molar-refractivity contribution is 6.30. The molecule has 0 spiro atoms. The Labute approximate surface area is 223 Å². The summed E-state index contributed by atoms with van der Waals surface area (Å²) in [6.45, 7) is 3.93. The monoisotopic (exact) mass is 520 g/mol. The van der Waals surface area contributed by atoms with E-state index in [2.05, 4.69) is 5.32 Å². The fourth-order valence-corrected chi connectivity index (χ4v) is 4.47. The SMILES string of the molecule is CCCNC(=O)C(Cc1ccccc1)N(Cc1ccc(Cl)cc1)C(=O)CCc1ccc2c(c1)OCCO2. The first-order chi connectivity index (χ1) is 18.0. The molecule has 1 unspecified atom stereocenters. The number of carbonyl (C=O) groups excluding carboxylic acids is 2. The van der Waals surface area contributed by atoms with Crippen LogP contribution in [0.25, 0.3) is 0 Å². The van der Waals surface area contributed by atoms with E-state index in [1.165, 1.54) is 0 Å². The molecular weight excluding hydrogens is 488 g/mol. The van der Waals surface area contributed by atoms with Crippen molar-refractivity contribution >= 4 is 23.4 Å². The van der Waals surface area contributed by atoms with Gasteiger partial charge >= 0.3 is 0 Å². The van der Waals surface area contributed by atoms with E-state index in [0.29, 0.717) is 49.9 Å². The molecule has 7 heteroatoms. The maximum atomic E-state index is 13.8. The largest absolute Gasteiger partial charge is 0.486 e. The molecule has 0 aliphatic carbocycles. The number of halogens is 1. The number of nitrogens with zero attached hydrogens (tertiary/aromatic N) is 1. The Morgan fingerprint density at radius 1 is 0.919 bits per heavy atom. The molecule has 6 nitrogen and oxygen atoms in total. The van der Waals surface area contributed by atoms with Gasteiger partial charge < -0.3 is 19.7 Å². The predicted molar refractivity (Wildman–Crippen MR) is 145 cm³/mol. The van der Waals surface area contributed by atoms with Crippen LogP contribution >= 0.6 is 11.6 Å². The van der Waals surface area contributed by atoms with E-state index in [-0.39, 0.29) is 18.2 Å². The molecular formula is C30H33ClN2O4. The summed E-state index contributed by atoms with van der Waals surface area (Å²) in [6.07, 6.45) is 2.04. The average Bonchev–Trinajstić information content (AvgIpc) is 2.93. The zero-order valence-corrected chi connectivity index (χ0v) is 21.9. The first kappa shape index (κ1) is 26.6. The van der Waals surface area contributed by atoms with Gasteiger partial charge in [-0.2, -0.15) is 0 Å². The van der Waals surface area contributed by atoms with Gasteiger partial charge in [0.2, 0.25) is 11.8 Å². The summed E-state index contributed by atoms with van der Waals surface area (Å²) in [5.74, 6) is 1.20. The van der Waals surface area contributed by atoms with E-state index in [4.69, 9.17) is 21.1 Å². The molecule has 0 aromatic heterocycles. The smallest absolute Gasteiger partial charge is 0.243 e. The van der Waals surface area contributed by atoms with Crippen LogP contribution in [0.15, 0.2) is 72.8 Å². The summed E-state index contributed by atoms with van der Waals surface area (Å²) in [7, 11) is 0. The number of benzene rings is 3. The second-order valence-corrected chi connectivity index (χ2v) is 9.56. The number of hydrogen-bond acceptors (Lipinski definition) is 4. The van der Waals surface area contributed by atoms with Crippen molar-refractivity contribution in [3.8, 4) is 11.5 Å². The van der Waals surface area contributed by atoms with Crippen LogP contribution in [0.2, 0.25) is 5.02 Å². The summed E-state index contributed by atoms with van der Waals surface area (Å²) in [4.78, 5) is 28.8. The van der Waals surface area contributed by atoms with Gasteiger partial charge in [-0.3, -0.25) is 9.59 Å². The summed E-state index contributed by atoms with van der Waals surface area (Å²) in [6, 6.07) is 22.3. The zero-order valence-electron chi connectivity index (χ0n) is 21.1. The maximum Gasteiger partial charge on any atom is 0.243 e. The summed E-state index contributed by atoms with van der Waals surface area (Å²) >= 11 is 6.09. The van der Waals surface area contributed by atoms with Gasteiger partial charge in [-0.25, -0.2) is 0 Å². The van der Waals surface area contributed by atoms with Crippen molar-refractivity contribution in [2.24, 2.45) is 0 Å². The number of aryl methyl sites for hydroxylation is 1. The molecule has 3 aromatic rings. The van der Waals surface area contributed by atoms with Crippen LogP contribution in [0, 0.1) is 0 Å². The van der Waals surface area contributed by atoms with Gasteiger partial charge in [0, 0.05) is 31.0 Å². The van der Waals surface area contributed by atoms with Crippen molar-refractivity contribution < 1.29 is 19.1 Å². The van der Waals surface area contributed by atoms with Crippen LogP contribution in [-0.2, 0) is 29.0 Å². The van der Waals surface area contributed by atoms with Crippen molar-refractivity contribution in [3.63, 3.8) is 0 Å². The molecule has 1 aliphatic rings. The Balaban J connectivity index is 1.57. The number of nitrogens with one attached hydrogen (secondary N) is 1. The minimum absolute atomic E-state index is 0.0857. The second kappa shape index (κ2) is 13.2. The fraction of sp³-hybridized carbons (Fsp3) is 0.333. The minimum Gasteiger partial charge on any atom is -0.486 e. The summed E-state index contributed by atoms with van der Waals surface area (Å²) in [5.41, 5.74) is 2.90. The number of rotatable bonds is 11. The Morgan fingerprint density at radius 2 is 1.62 bits per heavy atom. The second-order valence-electron chi connectivity index (χ2n) is 9.12. The molecule has 37 heavy (non-hydrogen) atoms. The van der Waals surface area contributed by atoms with Crippen LogP contribution < -0.4 is 14.8 Å². The number of carbonyl (C=O) groups is 2. The third-order valence-electron chi connectivity index (χ3n) is 6.32. The number of hydrogen-bond donors (Lipinski definition) is 1. The molecule has 0 saturated heterocycles. The third-order valence-corrected chi connectivity index (χ3v) is 6.57. The minimum atomic E-state index is -0.641. The Bertz CT molecular complexity index is 1180. The van der Waals surface area contributed by atoms with Gasteiger partial charge in [-0.1, -0.05) is 67.1 Å². The van der Waals surface area contributed by atoms with Gasteiger partial charge in [0.05, 0.1) is 0 Å². The molecule has 3 aromatic carbocycles. The van der Waals surface area contributed by atoms with Crippen LogP contribution in [0.3, 0.4) is 0 Å². The van der Waals surface area contributed by atoms with Gasteiger partial charge in [-0.15, -0.1) is 0 Å². The average molecular weight is 521 g/mol. The van der Waals surface area contributed by atoms with E-state index in [1.807, 2.05) is 67.6 Å². The van der Waals surface area contributed by atoms with Crippen LogP contribution in [0.5, 0.6) is 11.5 Å².